The summed E-state index contributed by atoms with van der Waals surface area (Å²) in [5.41, 5.74) is -2.00. The molecule has 4 rings (SSSR count). The van der Waals surface area contributed by atoms with E-state index in [2.05, 4.69) is 10.3 Å². The van der Waals surface area contributed by atoms with E-state index in [0.29, 0.717) is 6.54 Å². The Bertz CT molecular complexity index is 1360. The maximum Gasteiger partial charge on any atom is 0.296 e. The number of carbonyl (C=O) groups is 1. The van der Waals surface area contributed by atoms with E-state index in [9.17, 15) is 27.5 Å². The minimum Gasteiger partial charge on any atom is -0.501 e. The minimum absolute atomic E-state index is 0.0112. The number of nitrogens with zero attached hydrogens (tertiary/aromatic N) is 4. The molecule has 0 bridgehead atoms. The highest BCUT2D eigenvalue weighted by atomic mass is 32.2. The Hall–Kier alpha value is -2.87. The van der Waals surface area contributed by atoms with Crippen molar-refractivity contribution in [3.63, 3.8) is 0 Å². The summed E-state index contributed by atoms with van der Waals surface area (Å²) in [7, 11) is -2.03. The van der Waals surface area contributed by atoms with E-state index in [4.69, 9.17) is 4.74 Å². The zero-order chi connectivity index (χ0) is 26.4. The van der Waals surface area contributed by atoms with Crippen LogP contribution >= 0.6 is 0 Å². The van der Waals surface area contributed by atoms with Gasteiger partial charge in [0.25, 0.3) is 11.5 Å². The molecule has 1 aromatic heterocycles. The quantitative estimate of drug-likeness (QED) is 0.582. The number of sulfonamides is 1. The van der Waals surface area contributed by atoms with Gasteiger partial charge in [-0.05, 0) is 51.6 Å². The van der Waals surface area contributed by atoms with Crippen molar-refractivity contribution < 1.29 is 27.4 Å². The number of piperazine rings is 1. The van der Waals surface area contributed by atoms with E-state index >= 15 is 0 Å². The Morgan fingerprint density at radius 1 is 1.28 bits per heavy atom. The first kappa shape index (κ1) is 26.2. The van der Waals surface area contributed by atoms with Gasteiger partial charge in [0, 0.05) is 32.2 Å². The molecule has 196 valence electrons. The minimum atomic E-state index is -3.95. The number of nitrogens with one attached hydrogen (secondary N) is 1. The molecule has 0 saturated carbocycles. The van der Waals surface area contributed by atoms with Gasteiger partial charge in [-0.15, -0.1) is 0 Å². The molecule has 1 unspecified atom stereocenters. The number of fused-ring (bicyclic) bond motifs is 1. The lowest BCUT2D eigenvalue weighted by molar-refractivity contribution is -0.0566. The fraction of sp³-hybridized carbons (Fsp3) is 0.522. The Balaban J connectivity index is 1.56. The number of hydrogen-bond acceptors (Lipinski definition) is 8. The molecule has 13 heteroatoms. The predicted molar refractivity (Wildman–Crippen MR) is 128 cm³/mol. The first-order valence-electron chi connectivity index (χ1n) is 11.6. The van der Waals surface area contributed by atoms with Gasteiger partial charge in [0.2, 0.25) is 15.8 Å². The molecule has 1 aromatic carbocycles. The number of hydrogen-bond donors (Lipinski definition) is 2. The molecule has 1 atom stereocenters. The molecule has 2 aromatic rings. The van der Waals surface area contributed by atoms with Gasteiger partial charge in [0.05, 0.1) is 18.0 Å². The zero-order valence-corrected chi connectivity index (χ0v) is 21.4. The van der Waals surface area contributed by atoms with Crippen LogP contribution in [0.2, 0.25) is 0 Å². The number of ether oxygens (including phenoxy) is 1. The van der Waals surface area contributed by atoms with Crippen LogP contribution in [0.15, 0.2) is 27.9 Å². The van der Waals surface area contributed by atoms with Crippen LogP contribution in [-0.4, -0.2) is 77.5 Å². The van der Waals surface area contributed by atoms with E-state index in [1.807, 2.05) is 18.9 Å². The Morgan fingerprint density at radius 3 is 2.69 bits per heavy atom. The number of aromatic hydroxyl groups is 1. The van der Waals surface area contributed by atoms with Crippen molar-refractivity contribution in [3.05, 3.63) is 51.5 Å². The van der Waals surface area contributed by atoms with Crippen molar-refractivity contribution in [1.82, 2.24) is 24.1 Å². The second-order valence-corrected chi connectivity index (χ2v) is 11.6. The number of likely N-dealkylation sites (N-methyl/N-ethyl adjacent to an activating group) is 1. The first-order chi connectivity index (χ1) is 16.8. The van der Waals surface area contributed by atoms with Crippen LogP contribution in [0.25, 0.3) is 0 Å². The number of benzene rings is 1. The van der Waals surface area contributed by atoms with Crippen molar-refractivity contribution in [1.29, 1.82) is 0 Å². The van der Waals surface area contributed by atoms with Crippen molar-refractivity contribution in [2.75, 3.05) is 33.3 Å². The van der Waals surface area contributed by atoms with Crippen LogP contribution in [0.5, 0.6) is 5.75 Å². The van der Waals surface area contributed by atoms with Crippen LogP contribution < -0.4 is 10.9 Å². The van der Waals surface area contributed by atoms with Gasteiger partial charge in [-0.3, -0.25) is 14.2 Å². The molecule has 11 nitrogen and oxygen atoms in total. The number of carbonyl (C=O) groups excluding carboxylic acids is 1. The van der Waals surface area contributed by atoms with Crippen molar-refractivity contribution in [2.45, 2.75) is 50.4 Å². The summed E-state index contributed by atoms with van der Waals surface area (Å²) in [4.78, 5) is 31.4. The van der Waals surface area contributed by atoms with Crippen LogP contribution in [0.3, 0.4) is 0 Å². The second-order valence-electron chi connectivity index (χ2n) is 9.62. The Morgan fingerprint density at radius 2 is 2.00 bits per heavy atom. The maximum absolute atomic E-state index is 14.4. The lowest BCUT2D eigenvalue weighted by atomic mass is 10.1. The van der Waals surface area contributed by atoms with Crippen LogP contribution in [0.4, 0.5) is 4.39 Å². The molecule has 2 N–H and O–H groups in total. The lowest BCUT2D eigenvalue weighted by Crippen LogP contribution is -2.51. The van der Waals surface area contributed by atoms with Crippen LogP contribution in [-0.2, 0) is 33.5 Å². The number of amides is 1. The molecule has 3 heterocycles. The van der Waals surface area contributed by atoms with Gasteiger partial charge in [0.15, 0.2) is 5.69 Å². The third-order valence-corrected chi connectivity index (χ3v) is 8.46. The molecule has 0 spiro atoms. The van der Waals surface area contributed by atoms with E-state index in [0.717, 1.165) is 12.1 Å². The summed E-state index contributed by atoms with van der Waals surface area (Å²) in [6.07, 6.45) is 0. The third kappa shape index (κ3) is 4.88. The molecule has 36 heavy (non-hydrogen) atoms. The van der Waals surface area contributed by atoms with E-state index in [1.54, 1.807) is 13.8 Å². The normalized spacial score (nSPS) is 20.6. The highest BCUT2D eigenvalue weighted by Gasteiger charge is 2.35. The third-order valence-electron chi connectivity index (χ3n) is 6.62. The highest BCUT2D eigenvalue weighted by Crippen LogP contribution is 2.27. The molecule has 2 aliphatic heterocycles. The summed E-state index contributed by atoms with van der Waals surface area (Å²) in [5.74, 6) is -2.24. The maximum atomic E-state index is 14.4. The average Bonchev–Trinajstić information content (AvgIpc) is 2.81. The van der Waals surface area contributed by atoms with Crippen molar-refractivity contribution >= 4 is 15.9 Å². The molecular formula is C23H30FN5O6S. The second kappa shape index (κ2) is 9.54. The topological polar surface area (TPSA) is 134 Å². The molecule has 1 amide bonds. The van der Waals surface area contributed by atoms with Gasteiger partial charge in [-0.25, -0.2) is 17.8 Å². The molecule has 0 radical (unpaired) electrons. The standard InChI is InChI=1S/C23H30FN5O6S/c1-14-13-28(6-5-27(14)4)36(33,34)17-10-15(9-16(24)11-17)12-25-20(31)18-19(30)21(32)29-7-8-35-23(2,3)22(29)26-18/h9-11,14,30H,5-8,12-13H2,1-4H3,(H,25,31). The van der Waals surface area contributed by atoms with E-state index in [1.165, 1.54) is 14.9 Å². The van der Waals surface area contributed by atoms with E-state index < -0.39 is 44.4 Å². The molecule has 1 fully saturated rings. The number of rotatable bonds is 5. The number of aromatic nitrogens is 2. The summed E-state index contributed by atoms with van der Waals surface area (Å²) in [5, 5.41) is 12.8. The largest absolute Gasteiger partial charge is 0.501 e. The summed E-state index contributed by atoms with van der Waals surface area (Å²) >= 11 is 0. The molecule has 0 aliphatic carbocycles. The fourth-order valence-electron chi connectivity index (χ4n) is 4.35. The van der Waals surface area contributed by atoms with Gasteiger partial charge >= 0.3 is 0 Å². The zero-order valence-electron chi connectivity index (χ0n) is 20.6. The van der Waals surface area contributed by atoms with Crippen LogP contribution in [0, 0.1) is 5.82 Å². The molecular weight excluding hydrogens is 493 g/mol. The Labute approximate surface area is 208 Å². The van der Waals surface area contributed by atoms with Crippen molar-refractivity contribution in [2.24, 2.45) is 0 Å². The van der Waals surface area contributed by atoms with Crippen molar-refractivity contribution in [3.8, 4) is 5.75 Å². The summed E-state index contributed by atoms with van der Waals surface area (Å²) in [6.45, 7) is 6.60. The van der Waals surface area contributed by atoms with Gasteiger partial charge < -0.3 is 20.1 Å². The van der Waals surface area contributed by atoms with E-state index in [-0.39, 0.29) is 55.1 Å². The smallest absolute Gasteiger partial charge is 0.296 e. The molecule has 1 saturated heterocycles. The number of halogens is 1. The van der Waals surface area contributed by atoms with Gasteiger partial charge in [-0.2, -0.15) is 4.31 Å². The summed E-state index contributed by atoms with van der Waals surface area (Å²) < 4.78 is 48.9. The fourth-order valence-corrected chi connectivity index (χ4v) is 5.94. The van der Waals surface area contributed by atoms with Crippen LogP contribution in [0.1, 0.15) is 42.6 Å². The van der Waals surface area contributed by atoms with Gasteiger partial charge in [0.1, 0.15) is 17.2 Å². The lowest BCUT2D eigenvalue weighted by Gasteiger charge is -2.36. The Kier molecular flexibility index (Phi) is 6.94. The van der Waals surface area contributed by atoms with Gasteiger partial charge in [-0.1, -0.05) is 0 Å². The monoisotopic (exact) mass is 523 g/mol. The first-order valence-corrected chi connectivity index (χ1v) is 13.0. The highest BCUT2D eigenvalue weighted by molar-refractivity contribution is 7.89. The average molecular weight is 524 g/mol. The molecule has 2 aliphatic rings. The SMILES string of the molecule is CC1CN(S(=O)(=O)c2cc(F)cc(CNC(=O)c3nc4n(c(=O)c3O)CCOC4(C)C)c2)CCN1C. The summed E-state index contributed by atoms with van der Waals surface area (Å²) in [6, 6.07) is 3.37. The predicted octanol–water partition coefficient (Wildman–Crippen LogP) is 0.608.